The minimum atomic E-state index is -0.485. The molecule has 0 radical (unpaired) electrons. The van der Waals surface area contributed by atoms with Gasteiger partial charge in [-0.05, 0) is 53.4 Å². The molecule has 126 valence electrons. The van der Waals surface area contributed by atoms with Crippen LogP contribution in [0.3, 0.4) is 0 Å². The lowest BCUT2D eigenvalue weighted by Gasteiger charge is -2.25. The van der Waals surface area contributed by atoms with Gasteiger partial charge in [0.05, 0.1) is 0 Å². The molecule has 0 saturated heterocycles. The van der Waals surface area contributed by atoms with Crippen LogP contribution in [0.25, 0.3) is 0 Å². The second-order valence-electron chi connectivity index (χ2n) is 6.33. The largest absolute Gasteiger partial charge is 0.491 e. The van der Waals surface area contributed by atoms with Gasteiger partial charge in [-0.1, -0.05) is 32.0 Å². The molecule has 0 aliphatic carbocycles. The second kappa shape index (κ2) is 9.71. The molecule has 1 aromatic heterocycles. The maximum absolute atomic E-state index is 10.3. The average molecular weight is 333 g/mol. The fourth-order valence-electron chi connectivity index (χ4n) is 2.38. The molecule has 0 fully saturated rings. The highest BCUT2D eigenvalue weighted by atomic mass is 32.1. The van der Waals surface area contributed by atoms with Crippen LogP contribution in [0.2, 0.25) is 0 Å². The first-order valence-corrected chi connectivity index (χ1v) is 9.17. The lowest BCUT2D eigenvalue weighted by molar-refractivity contribution is 0.0640. The Morgan fingerprint density at radius 1 is 1.17 bits per heavy atom. The fraction of sp³-hybridized carbons (Fsp3) is 0.474. The molecule has 0 saturated carbocycles. The van der Waals surface area contributed by atoms with Crippen LogP contribution in [0.5, 0.6) is 5.75 Å². The van der Waals surface area contributed by atoms with E-state index in [1.165, 1.54) is 5.56 Å². The molecule has 3 nitrogen and oxygen atoms in total. The van der Waals surface area contributed by atoms with Crippen molar-refractivity contribution >= 4 is 11.3 Å². The van der Waals surface area contributed by atoms with E-state index < -0.39 is 6.10 Å². The zero-order valence-electron chi connectivity index (χ0n) is 14.0. The molecule has 0 bridgehead atoms. The van der Waals surface area contributed by atoms with Gasteiger partial charge in [-0.3, -0.25) is 4.90 Å². The van der Waals surface area contributed by atoms with Crippen LogP contribution in [0.4, 0.5) is 0 Å². The maximum Gasteiger partial charge on any atom is 0.119 e. The van der Waals surface area contributed by atoms with Gasteiger partial charge in [0, 0.05) is 13.1 Å². The normalized spacial score (nSPS) is 12.7. The molecular weight excluding hydrogens is 306 g/mol. The molecule has 0 amide bonds. The van der Waals surface area contributed by atoms with Crippen molar-refractivity contribution in [2.75, 3.05) is 19.7 Å². The molecule has 1 atom stereocenters. The Labute approximate surface area is 143 Å². The second-order valence-corrected chi connectivity index (χ2v) is 7.11. The van der Waals surface area contributed by atoms with Crippen molar-refractivity contribution in [2.45, 2.75) is 32.9 Å². The summed E-state index contributed by atoms with van der Waals surface area (Å²) in [5, 5.41) is 14.6. The Kier molecular flexibility index (Phi) is 7.59. The molecule has 2 rings (SSSR count). The van der Waals surface area contributed by atoms with Gasteiger partial charge in [-0.25, -0.2) is 0 Å². The molecule has 0 spiro atoms. The van der Waals surface area contributed by atoms with Crippen LogP contribution in [0.1, 0.15) is 25.8 Å². The summed E-state index contributed by atoms with van der Waals surface area (Å²) in [6.45, 7) is 7.31. The Hall–Kier alpha value is -1.36. The van der Waals surface area contributed by atoms with E-state index in [1.807, 2.05) is 30.3 Å². The number of para-hydroxylation sites is 1. The van der Waals surface area contributed by atoms with Crippen molar-refractivity contribution in [3.63, 3.8) is 0 Å². The highest BCUT2D eigenvalue weighted by Gasteiger charge is 2.14. The average Bonchev–Trinajstić information content (AvgIpc) is 3.04. The minimum absolute atomic E-state index is 0.325. The van der Waals surface area contributed by atoms with Crippen LogP contribution in [-0.4, -0.2) is 35.8 Å². The van der Waals surface area contributed by atoms with Gasteiger partial charge >= 0.3 is 0 Å². The summed E-state index contributed by atoms with van der Waals surface area (Å²) in [6.07, 6.45) is 0.650. The number of hydrogen-bond donors (Lipinski definition) is 1. The molecule has 0 aliphatic heterocycles. The number of ether oxygens (including phenoxy) is 1. The molecule has 0 unspecified atom stereocenters. The van der Waals surface area contributed by atoms with Gasteiger partial charge in [0.25, 0.3) is 0 Å². The monoisotopic (exact) mass is 333 g/mol. The fourth-order valence-corrected chi connectivity index (χ4v) is 3.04. The van der Waals surface area contributed by atoms with Gasteiger partial charge in [0.1, 0.15) is 18.5 Å². The van der Waals surface area contributed by atoms with Gasteiger partial charge < -0.3 is 9.84 Å². The van der Waals surface area contributed by atoms with Crippen LogP contribution >= 0.6 is 11.3 Å². The summed E-state index contributed by atoms with van der Waals surface area (Å²) < 4.78 is 5.65. The lowest BCUT2D eigenvalue weighted by atomic mass is 10.1. The predicted molar refractivity (Wildman–Crippen MR) is 97.0 cm³/mol. The van der Waals surface area contributed by atoms with Crippen molar-refractivity contribution in [1.82, 2.24) is 4.90 Å². The Morgan fingerprint density at radius 2 is 1.96 bits per heavy atom. The van der Waals surface area contributed by atoms with E-state index >= 15 is 0 Å². The third kappa shape index (κ3) is 7.16. The summed E-state index contributed by atoms with van der Waals surface area (Å²) >= 11 is 1.72. The zero-order chi connectivity index (χ0) is 16.5. The molecule has 0 aliphatic rings. The third-order valence-electron chi connectivity index (χ3n) is 3.66. The van der Waals surface area contributed by atoms with Gasteiger partial charge in [0.15, 0.2) is 0 Å². The number of thiophene rings is 1. The van der Waals surface area contributed by atoms with E-state index in [-0.39, 0.29) is 0 Å². The van der Waals surface area contributed by atoms with E-state index in [0.717, 1.165) is 25.3 Å². The number of hydrogen-bond acceptors (Lipinski definition) is 4. The summed E-state index contributed by atoms with van der Waals surface area (Å²) in [5.74, 6) is 1.47. The smallest absolute Gasteiger partial charge is 0.119 e. The number of nitrogens with zero attached hydrogens (tertiary/aromatic N) is 1. The molecular formula is C19H27NO2S. The van der Waals surface area contributed by atoms with E-state index in [2.05, 4.69) is 35.6 Å². The van der Waals surface area contributed by atoms with Crippen molar-refractivity contribution in [1.29, 1.82) is 0 Å². The quantitative estimate of drug-likeness (QED) is 0.712. The van der Waals surface area contributed by atoms with Crippen LogP contribution in [-0.2, 0) is 6.54 Å². The number of benzene rings is 1. The van der Waals surface area contributed by atoms with E-state index in [9.17, 15) is 5.11 Å². The van der Waals surface area contributed by atoms with Crippen molar-refractivity contribution in [3.8, 4) is 5.75 Å². The molecule has 4 heteroatoms. The minimum Gasteiger partial charge on any atom is -0.491 e. The van der Waals surface area contributed by atoms with Gasteiger partial charge in [-0.2, -0.15) is 11.3 Å². The van der Waals surface area contributed by atoms with Gasteiger partial charge in [0.2, 0.25) is 0 Å². The summed E-state index contributed by atoms with van der Waals surface area (Å²) in [6, 6.07) is 11.8. The standard InChI is InChI=1S/C19H27NO2S/c1-16(2)8-10-20(12-17-9-11-23-15-17)13-18(21)14-22-19-6-4-3-5-7-19/h3-7,9,11,15-16,18,21H,8,10,12-14H2,1-2H3/t18-/m1/s1. The lowest BCUT2D eigenvalue weighted by Crippen LogP contribution is -2.36. The van der Waals surface area contributed by atoms with Crippen molar-refractivity contribution < 1.29 is 9.84 Å². The number of rotatable bonds is 10. The van der Waals surface area contributed by atoms with Gasteiger partial charge in [-0.15, -0.1) is 0 Å². The third-order valence-corrected chi connectivity index (χ3v) is 4.40. The zero-order valence-corrected chi connectivity index (χ0v) is 14.8. The Morgan fingerprint density at radius 3 is 2.61 bits per heavy atom. The maximum atomic E-state index is 10.3. The predicted octanol–water partition coefficient (Wildman–Crippen LogP) is 4.04. The molecule has 1 heterocycles. The van der Waals surface area contributed by atoms with E-state index in [4.69, 9.17) is 4.74 Å². The first kappa shape index (κ1) is 18.0. The SMILES string of the molecule is CC(C)CCN(Cc1ccsc1)C[C@@H](O)COc1ccccc1. The highest BCUT2D eigenvalue weighted by Crippen LogP contribution is 2.13. The topological polar surface area (TPSA) is 32.7 Å². The summed E-state index contributed by atoms with van der Waals surface area (Å²) in [4.78, 5) is 2.32. The Bertz CT molecular complexity index is 528. The molecule has 1 N–H and O–H groups in total. The van der Waals surface area contributed by atoms with E-state index in [0.29, 0.717) is 19.1 Å². The van der Waals surface area contributed by atoms with E-state index in [1.54, 1.807) is 11.3 Å². The highest BCUT2D eigenvalue weighted by molar-refractivity contribution is 7.07. The molecule has 2 aromatic rings. The molecule has 1 aromatic carbocycles. The Balaban J connectivity index is 1.82. The van der Waals surface area contributed by atoms with Crippen molar-refractivity contribution in [3.05, 3.63) is 52.7 Å². The van der Waals surface area contributed by atoms with Crippen LogP contribution in [0, 0.1) is 5.92 Å². The van der Waals surface area contributed by atoms with Crippen LogP contribution in [0.15, 0.2) is 47.2 Å². The first-order valence-electron chi connectivity index (χ1n) is 8.23. The molecule has 23 heavy (non-hydrogen) atoms. The first-order chi connectivity index (χ1) is 11.1. The summed E-state index contributed by atoms with van der Waals surface area (Å²) in [5.41, 5.74) is 1.31. The van der Waals surface area contributed by atoms with Crippen molar-refractivity contribution in [2.24, 2.45) is 5.92 Å². The summed E-state index contributed by atoms with van der Waals surface area (Å²) in [7, 11) is 0. The number of aliphatic hydroxyl groups excluding tert-OH is 1. The van der Waals surface area contributed by atoms with Crippen LogP contribution < -0.4 is 4.74 Å². The number of aliphatic hydroxyl groups is 1.